The molecule has 1 heterocycles. The normalized spacial score (nSPS) is 20.5. The van der Waals surface area contributed by atoms with Crippen LogP contribution in [0, 0.1) is 5.82 Å². The highest BCUT2D eigenvalue weighted by Gasteiger charge is 2.34. The number of nitrogens with zero attached hydrogens (tertiary/aromatic N) is 1. The monoisotopic (exact) mass is 406 g/mol. The molecule has 29 heavy (non-hydrogen) atoms. The maximum absolute atomic E-state index is 13.4. The molecule has 1 aliphatic rings. The minimum atomic E-state index is -0.898. The first-order valence-corrected chi connectivity index (χ1v) is 10.1. The van der Waals surface area contributed by atoms with Crippen LogP contribution in [-0.4, -0.2) is 16.1 Å². The first-order chi connectivity index (χ1) is 14.0. The number of rotatable bonds is 6. The molecule has 4 rings (SSSR count). The number of benzene rings is 2. The van der Waals surface area contributed by atoms with E-state index in [1.165, 1.54) is 23.5 Å². The highest BCUT2D eigenvalue weighted by molar-refractivity contribution is 7.13. The molecule has 2 aromatic carbocycles. The number of aromatic nitrogens is 1. The van der Waals surface area contributed by atoms with Crippen molar-refractivity contribution in [2.75, 3.05) is 5.32 Å². The van der Waals surface area contributed by atoms with Gasteiger partial charge in [-0.1, -0.05) is 60.7 Å². The fraction of sp³-hybridized carbons (Fsp3) is 0.130. The average molecular weight is 406 g/mol. The number of hydrogen-bond acceptors (Lipinski definition) is 4. The zero-order chi connectivity index (χ0) is 20.3. The van der Waals surface area contributed by atoms with Gasteiger partial charge in [0.05, 0.1) is 17.5 Å². The van der Waals surface area contributed by atoms with Gasteiger partial charge in [-0.25, -0.2) is 9.37 Å². The van der Waals surface area contributed by atoms with E-state index in [1.807, 2.05) is 60.0 Å². The molecule has 1 aliphatic carbocycles. The summed E-state index contributed by atoms with van der Waals surface area (Å²) in [5.74, 6) is -1.13. The first-order valence-electron chi connectivity index (χ1n) is 9.18. The number of carbonyl (C=O) groups is 1. The zero-order valence-corrected chi connectivity index (χ0v) is 16.3. The summed E-state index contributed by atoms with van der Waals surface area (Å²) in [6.07, 6.45) is 7.82. The van der Waals surface area contributed by atoms with Gasteiger partial charge >= 0.3 is 5.97 Å². The highest BCUT2D eigenvalue weighted by atomic mass is 32.1. The fourth-order valence-corrected chi connectivity index (χ4v) is 4.26. The third kappa shape index (κ3) is 4.27. The third-order valence-corrected chi connectivity index (χ3v) is 5.64. The fourth-order valence-electron chi connectivity index (χ4n) is 3.43. The molecule has 0 saturated heterocycles. The number of halogens is 1. The summed E-state index contributed by atoms with van der Waals surface area (Å²) in [7, 11) is 0. The minimum absolute atomic E-state index is 0.0926. The van der Waals surface area contributed by atoms with E-state index < -0.39 is 11.4 Å². The quantitative estimate of drug-likeness (QED) is 0.520. The molecular formula is C23H19FN2O2S. The topological polar surface area (TPSA) is 62.2 Å². The van der Waals surface area contributed by atoms with Crippen molar-refractivity contribution in [3.05, 3.63) is 101 Å². The molecule has 0 saturated carbocycles. The van der Waals surface area contributed by atoms with E-state index in [9.17, 15) is 14.3 Å². The second-order valence-corrected chi connectivity index (χ2v) is 7.80. The number of carboxylic acid groups (broad SMARTS) is 1. The summed E-state index contributed by atoms with van der Waals surface area (Å²) in [4.78, 5) is 16.2. The lowest BCUT2D eigenvalue weighted by Crippen LogP contribution is -2.27. The molecule has 0 bridgehead atoms. The van der Waals surface area contributed by atoms with Crippen LogP contribution in [0.4, 0.5) is 15.2 Å². The van der Waals surface area contributed by atoms with Crippen molar-refractivity contribution < 1.29 is 14.3 Å². The van der Waals surface area contributed by atoms with Crippen molar-refractivity contribution in [3.63, 3.8) is 0 Å². The Morgan fingerprint density at radius 3 is 2.59 bits per heavy atom. The molecular weight excluding hydrogens is 387 g/mol. The van der Waals surface area contributed by atoms with Crippen molar-refractivity contribution in [2.24, 2.45) is 0 Å². The van der Waals surface area contributed by atoms with Gasteiger partial charge in [-0.2, -0.15) is 0 Å². The van der Waals surface area contributed by atoms with Gasteiger partial charge in [0, 0.05) is 17.0 Å². The van der Waals surface area contributed by atoms with E-state index in [0.717, 1.165) is 5.56 Å². The molecule has 4 nitrogen and oxygen atoms in total. The standard InChI is InChI=1S/C23H19FN2O2S/c24-18-7-4-8-19(13-18)25-22-26-20(15-29-22)23(14-21(27)28)11-9-17(10-12-23)16-5-2-1-3-6-16/h1-13,15,17H,14H2,(H,25,26)(H,27,28). The SMILES string of the molecule is O=C(O)CC1(c2csc(Nc3cccc(F)c3)n2)C=CC(c2ccccc2)C=C1. The van der Waals surface area contributed by atoms with Crippen molar-refractivity contribution in [2.45, 2.75) is 17.8 Å². The number of nitrogens with one attached hydrogen (secondary N) is 1. The van der Waals surface area contributed by atoms with Gasteiger partial charge in [0.2, 0.25) is 0 Å². The van der Waals surface area contributed by atoms with E-state index in [1.54, 1.807) is 12.1 Å². The number of thiazole rings is 1. The molecule has 0 unspecified atom stereocenters. The lowest BCUT2D eigenvalue weighted by molar-refractivity contribution is -0.137. The second-order valence-electron chi connectivity index (χ2n) is 6.94. The van der Waals surface area contributed by atoms with Crippen molar-refractivity contribution in [1.29, 1.82) is 0 Å². The summed E-state index contributed by atoms with van der Waals surface area (Å²) in [6, 6.07) is 16.2. The molecule has 0 atom stereocenters. The summed E-state index contributed by atoms with van der Waals surface area (Å²) >= 11 is 1.36. The van der Waals surface area contributed by atoms with Gasteiger partial charge in [0.15, 0.2) is 5.13 Å². The van der Waals surface area contributed by atoms with Crippen molar-refractivity contribution in [1.82, 2.24) is 4.98 Å². The Bertz CT molecular complexity index is 1060. The largest absolute Gasteiger partial charge is 0.481 e. The van der Waals surface area contributed by atoms with Gasteiger partial charge in [-0.3, -0.25) is 4.79 Å². The number of carboxylic acids is 1. The van der Waals surface area contributed by atoms with E-state index in [4.69, 9.17) is 0 Å². The van der Waals surface area contributed by atoms with Crippen LogP contribution in [0.3, 0.4) is 0 Å². The Labute approximate surface area is 172 Å². The van der Waals surface area contributed by atoms with E-state index >= 15 is 0 Å². The van der Waals surface area contributed by atoms with Crippen molar-refractivity contribution in [3.8, 4) is 0 Å². The van der Waals surface area contributed by atoms with E-state index in [2.05, 4.69) is 10.3 Å². The Balaban J connectivity index is 1.61. The molecule has 0 aliphatic heterocycles. The number of allylic oxidation sites excluding steroid dienone is 4. The minimum Gasteiger partial charge on any atom is -0.481 e. The van der Waals surface area contributed by atoms with Crippen LogP contribution in [0.2, 0.25) is 0 Å². The molecule has 1 aromatic heterocycles. The highest BCUT2D eigenvalue weighted by Crippen LogP contribution is 2.39. The summed E-state index contributed by atoms with van der Waals surface area (Å²) in [5.41, 5.74) is 1.59. The van der Waals surface area contributed by atoms with Gasteiger partial charge in [0.1, 0.15) is 5.82 Å². The molecule has 146 valence electrons. The lowest BCUT2D eigenvalue weighted by Gasteiger charge is -2.28. The Morgan fingerprint density at radius 2 is 1.90 bits per heavy atom. The van der Waals surface area contributed by atoms with Crippen LogP contribution in [0.15, 0.2) is 84.3 Å². The summed E-state index contributed by atoms with van der Waals surface area (Å²) in [6.45, 7) is 0. The van der Waals surface area contributed by atoms with Crippen LogP contribution in [0.1, 0.15) is 23.6 Å². The molecule has 3 aromatic rings. The molecule has 2 N–H and O–H groups in total. The lowest BCUT2D eigenvalue weighted by atomic mass is 9.75. The molecule has 0 spiro atoms. The molecule has 0 fully saturated rings. The van der Waals surface area contributed by atoms with Gasteiger partial charge in [0.25, 0.3) is 0 Å². The van der Waals surface area contributed by atoms with Crippen LogP contribution in [0.25, 0.3) is 0 Å². The van der Waals surface area contributed by atoms with Gasteiger partial charge in [-0.15, -0.1) is 11.3 Å². The Morgan fingerprint density at radius 1 is 1.14 bits per heavy atom. The van der Waals surface area contributed by atoms with E-state index in [0.29, 0.717) is 16.5 Å². The Kier molecular flexibility index (Phi) is 5.27. The average Bonchev–Trinajstić information content (AvgIpc) is 3.18. The maximum Gasteiger partial charge on any atom is 0.304 e. The number of anilines is 2. The third-order valence-electron chi connectivity index (χ3n) is 4.89. The van der Waals surface area contributed by atoms with Crippen LogP contribution < -0.4 is 5.32 Å². The smallest absolute Gasteiger partial charge is 0.304 e. The summed E-state index contributed by atoms with van der Waals surface area (Å²) < 4.78 is 13.4. The molecule has 6 heteroatoms. The predicted octanol–water partition coefficient (Wildman–Crippen LogP) is 5.65. The predicted molar refractivity (Wildman–Crippen MR) is 113 cm³/mol. The molecule has 0 amide bonds. The van der Waals surface area contributed by atoms with Crippen LogP contribution in [0.5, 0.6) is 0 Å². The number of hydrogen-bond donors (Lipinski definition) is 2. The second kappa shape index (κ2) is 8.01. The summed E-state index contributed by atoms with van der Waals surface area (Å²) in [5, 5.41) is 15.0. The van der Waals surface area contributed by atoms with Crippen LogP contribution in [-0.2, 0) is 10.2 Å². The molecule has 0 radical (unpaired) electrons. The van der Waals surface area contributed by atoms with Gasteiger partial charge < -0.3 is 10.4 Å². The van der Waals surface area contributed by atoms with E-state index in [-0.39, 0.29) is 18.2 Å². The zero-order valence-electron chi connectivity index (χ0n) is 15.5. The maximum atomic E-state index is 13.4. The first kappa shape index (κ1) is 19.1. The van der Waals surface area contributed by atoms with Crippen molar-refractivity contribution >= 4 is 28.1 Å². The number of aliphatic carboxylic acids is 1. The Hall–Kier alpha value is -3.25. The van der Waals surface area contributed by atoms with Crippen LogP contribution >= 0.6 is 11.3 Å². The van der Waals surface area contributed by atoms with Gasteiger partial charge in [-0.05, 0) is 23.8 Å².